The zero-order valence-corrected chi connectivity index (χ0v) is 22.3. The number of halogens is 6. The Morgan fingerprint density at radius 2 is 1.61 bits per heavy atom. The SMILES string of the molecule is CC1=NN(c2c(F)c(F)c(F)c(F)c2F)C(=O)/C1=C\c1cc(Br)c(OCc2cccc3ccccc23)c([N+](=O)[O-])c1. The van der Waals surface area contributed by atoms with Crippen molar-refractivity contribution in [2.24, 2.45) is 5.10 Å². The molecule has 0 spiro atoms. The fourth-order valence-electron chi connectivity index (χ4n) is 4.31. The molecular formula is C28H15BrF5N3O4. The Morgan fingerprint density at radius 3 is 2.29 bits per heavy atom. The van der Waals surface area contributed by atoms with Crippen molar-refractivity contribution in [1.82, 2.24) is 0 Å². The second kappa shape index (κ2) is 10.7. The van der Waals surface area contributed by atoms with Crippen LogP contribution in [0.15, 0.2) is 69.7 Å². The van der Waals surface area contributed by atoms with E-state index in [0.717, 1.165) is 28.5 Å². The summed E-state index contributed by atoms with van der Waals surface area (Å²) in [5, 5.41) is 17.5. The van der Waals surface area contributed by atoms with Gasteiger partial charge in [-0.15, -0.1) is 0 Å². The molecule has 5 rings (SSSR count). The van der Waals surface area contributed by atoms with Crippen LogP contribution in [-0.4, -0.2) is 16.5 Å². The number of nitrogens with zero attached hydrogens (tertiary/aromatic N) is 3. The van der Waals surface area contributed by atoms with Crippen LogP contribution in [0.25, 0.3) is 16.8 Å². The molecule has 0 fully saturated rings. The van der Waals surface area contributed by atoms with E-state index in [1.165, 1.54) is 13.0 Å². The molecule has 41 heavy (non-hydrogen) atoms. The van der Waals surface area contributed by atoms with Gasteiger partial charge in [0.15, 0.2) is 23.3 Å². The first-order valence-electron chi connectivity index (χ1n) is 11.7. The summed E-state index contributed by atoms with van der Waals surface area (Å²) in [5.41, 5.74) is -1.54. The maximum absolute atomic E-state index is 14.3. The molecular weight excluding hydrogens is 617 g/mol. The third-order valence-electron chi connectivity index (χ3n) is 6.27. The first kappa shape index (κ1) is 27.9. The molecule has 0 unspecified atom stereocenters. The summed E-state index contributed by atoms with van der Waals surface area (Å²) < 4.78 is 75.6. The number of carbonyl (C=O) groups excluding carboxylic acids is 1. The number of amides is 1. The molecule has 13 heteroatoms. The third-order valence-corrected chi connectivity index (χ3v) is 6.86. The summed E-state index contributed by atoms with van der Waals surface area (Å²) in [6.07, 6.45) is 1.14. The summed E-state index contributed by atoms with van der Waals surface area (Å²) in [6.45, 7) is 1.27. The molecule has 7 nitrogen and oxygen atoms in total. The fraction of sp³-hybridized carbons (Fsp3) is 0.0714. The number of hydrazone groups is 1. The van der Waals surface area contributed by atoms with Gasteiger partial charge in [-0.3, -0.25) is 14.9 Å². The first-order valence-corrected chi connectivity index (χ1v) is 12.5. The molecule has 4 aromatic carbocycles. The number of rotatable bonds is 6. The van der Waals surface area contributed by atoms with Crippen LogP contribution in [-0.2, 0) is 11.4 Å². The van der Waals surface area contributed by atoms with Gasteiger partial charge in [-0.1, -0.05) is 42.5 Å². The van der Waals surface area contributed by atoms with Crippen molar-refractivity contribution in [1.29, 1.82) is 0 Å². The molecule has 0 radical (unpaired) electrons. The number of carbonyl (C=O) groups is 1. The summed E-state index contributed by atoms with van der Waals surface area (Å²) in [4.78, 5) is 24.2. The van der Waals surface area contributed by atoms with Gasteiger partial charge in [-0.25, -0.2) is 22.0 Å². The van der Waals surface area contributed by atoms with E-state index < -0.39 is 51.3 Å². The number of anilines is 1. The quantitative estimate of drug-likeness (QED) is 0.0548. The highest BCUT2D eigenvalue weighted by Crippen LogP contribution is 2.39. The van der Waals surface area contributed by atoms with E-state index in [0.29, 0.717) is 0 Å². The minimum Gasteiger partial charge on any atom is -0.481 e. The van der Waals surface area contributed by atoms with Crippen molar-refractivity contribution in [3.8, 4) is 5.75 Å². The number of nitro groups is 1. The molecule has 0 aromatic heterocycles. The van der Waals surface area contributed by atoms with Crippen LogP contribution in [0.5, 0.6) is 5.75 Å². The van der Waals surface area contributed by atoms with Gasteiger partial charge in [-0.2, -0.15) is 10.1 Å². The second-order valence-corrected chi connectivity index (χ2v) is 9.67. The van der Waals surface area contributed by atoms with Gasteiger partial charge >= 0.3 is 5.69 Å². The fourth-order valence-corrected chi connectivity index (χ4v) is 4.89. The van der Waals surface area contributed by atoms with Crippen molar-refractivity contribution in [2.45, 2.75) is 13.5 Å². The maximum Gasteiger partial charge on any atom is 0.312 e. The standard InChI is InChI=1S/C28H15BrF5N3O4/c1-13-18(28(38)36(35-13)26-24(33)22(31)21(30)23(32)25(26)34)9-14-10-19(29)27(20(11-14)37(39)40)41-12-16-7-4-6-15-5-2-3-8-17(15)16/h2-11H,12H2,1H3/b18-9-. The number of fused-ring (bicyclic) bond motifs is 1. The van der Waals surface area contributed by atoms with Gasteiger partial charge in [0.25, 0.3) is 5.91 Å². The lowest BCUT2D eigenvalue weighted by molar-refractivity contribution is -0.386. The predicted octanol–water partition coefficient (Wildman–Crippen LogP) is 7.59. The number of ether oxygens (including phenoxy) is 1. The zero-order chi connectivity index (χ0) is 29.6. The van der Waals surface area contributed by atoms with Crippen LogP contribution >= 0.6 is 15.9 Å². The van der Waals surface area contributed by atoms with Crippen LogP contribution in [0.4, 0.5) is 33.3 Å². The van der Waals surface area contributed by atoms with Crippen LogP contribution in [0, 0.1) is 39.2 Å². The van der Waals surface area contributed by atoms with Crippen LogP contribution in [0.3, 0.4) is 0 Å². The van der Waals surface area contributed by atoms with E-state index in [1.54, 1.807) is 0 Å². The van der Waals surface area contributed by atoms with Crippen molar-refractivity contribution >= 4 is 55.8 Å². The van der Waals surface area contributed by atoms with Gasteiger partial charge in [-0.05, 0) is 56.9 Å². The molecule has 0 N–H and O–H groups in total. The molecule has 4 aromatic rings. The lowest BCUT2D eigenvalue weighted by atomic mass is 10.1. The summed E-state index contributed by atoms with van der Waals surface area (Å²) >= 11 is 3.26. The van der Waals surface area contributed by atoms with Gasteiger partial charge in [0, 0.05) is 6.07 Å². The monoisotopic (exact) mass is 631 g/mol. The van der Waals surface area contributed by atoms with E-state index >= 15 is 0 Å². The molecule has 208 valence electrons. The Labute approximate surface area is 236 Å². The average Bonchev–Trinajstić information content (AvgIpc) is 3.22. The van der Waals surface area contributed by atoms with E-state index in [-0.39, 0.29) is 38.7 Å². The minimum absolute atomic E-state index is 0.00234. The highest BCUT2D eigenvalue weighted by Gasteiger charge is 2.37. The highest BCUT2D eigenvalue weighted by atomic mass is 79.9. The van der Waals surface area contributed by atoms with Crippen molar-refractivity contribution in [3.63, 3.8) is 0 Å². The van der Waals surface area contributed by atoms with E-state index in [1.807, 2.05) is 42.5 Å². The van der Waals surface area contributed by atoms with E-state index in [2.05, 4.69) is 21.0 Å². The van der Waals surface area contributed by atoms with Gasteiger partial charge in [0.2, 0.25) is 11.6 Å². The van der Waals surface area contributed by atoms with Crippen LogP contribution in [0.1, 0.15) is 18.1 Å². The van der Waals surface area contributed by atoms with Crippen molar-refractivity contribution in [2.75, 3.05) is 5.01 Å². The summed E-state index contributed by atoms with van der Waals surface area (Å²) in [5.74, 6) is -12.6. The topological polar surface area (TPSA) is 85.0 Å². The minimum atomic E-state index is -2.38. The summed E-state index contributed by atoms with van der Waals surface area (Å²) in [7, 11) is 0. The Morgan fingerprint density at radius 1 is 0.976 bits per heavy atom. The third kappa shape index (κ3) is 4.92. The Bertz CT molecular complexity index is 1810. The summed E-state index contributed by atoms with van der Waals surface area (Å²) in [6, 6.07) is 15.6. The highest BCUT2D eigenvalue weighted by molar-refractivity contribution is 9.10. The lowest BCUT2D eigenvalue weighted by Gasteiger charge is -2.15. The van der Waals surface area contributed by atoms with Gasteiger partial charge in [0.05, 0.1) is 20.7 Å². The molecule has 1 amide bonds. The largest absolute Gasteiger partial charge is 0.481 e. The normalized spacial score (nSPS) is 14.2. The molecule has 0 aliphatic carbocycles. The van der Waals surface area contributed by atoms with E-state index in [9.17, 15) is 36.9 Å². The smallest absolute Gasteiger partial charge is 0.312 e. The second-order valence-electron chi connectivity index (χ2n) is 8.81. The van der Waals surface area contributed by atoms with Crippen molar-refractivity contribution in [3.05, 3.63) is 115 Å². The Hall–Kier alpha value is -4.65. The number of hydrogen-bond acceptors (Lipinski definition) is 5. The Balaban J connectivity index is 1.48. The maximum atomic E-state index is 14.3. The molecule has 0 atom stereocenters. The molecule has 1 heterocycles. The average molecular weight is 632 g/mol. The lowest BCUT2D eigenvalue weighted by Crippen LogP contribution is -2.25. The van der Waals surface area contributed by atoms with Crippen molar-refractivity contribution < 1.29 is 36.4 Å². The molecule has 0 saturated heterocycles. The van der Waals surface area contributed by atoms with Crippen LogP contribution < -0.4 is 9.75 Å². The van der Waals surface area contributed by atoms with Gasteiger partial charge < -0.3 is 4.74 Å². The molecule has 0 bridgehead atoms. The molecule has 1 aliphatic heterocycles. The number of benzene rings is 4. The Kier molecular flexibility index (Phi) is 7.30. The predicted molar refractivity (Wildman–Crippen MR) is 144 cm³/mol. The molecule has 1 aliphatic rings. The number of hydrogen-bond donors (Lipinski definition) is 0. The zero-order valence-electron chi connectivity index (χ0n) is 20.7. The van der Waals surface area contributed by atoms with E-state index in [4.69, 9.17) is 4.74 Å². The van der Waals surface area contributed by atoms with Crippen LogP contribution in [0.2, 0.25) is 0 Å². The number of nitro benzene ring substituents is 1. The molecule has 0 saturated carbocycles. The first-order chi connectivity index (χ1) is 19.5. The van der Waals surface area contributed by atoms with Gasteiger partial charge in [0.1, 0.15) is 12.3 Å².